The first kappa shape index (κ1) is 11.5. The van der Waals surface area contributed by atoms with Crippen molar-refractivity contribution >= 4 is 24.2 Å². The Morgan fingerprint density at radius 3 is 2.73 bits per heavy atom. The summed E-state index contributed by atoms with van der Waals surface area (Å²) in [6, 6.07) is 1.70. The monoisotopic (exact) mass is 217 g/mol. The van der Waals surface area contributed by atoms with Crippen molar-refractivity contribution in [3.05, 3.63) is 18.3 Å². The molecule has 0 aliphatic rings. The number of hydrogen-bond donors (Lipinski definition) is 1. The van der Waals surface area contributed by atoms with Gasteiger partial charge < -0.3 is 18.3 Å². The Bertz CT molecular complexity index is 367. The van der Waals surface area contributed by atoms with Crippen LogP contribution >= 0.6 is 0 Å². The number of anilines is 1. The molecule has 1 N–H and O–H groups in total. The minimum Gasteiger partial charge on any atom is -0.445 e. The second kappa shape index (κ2) is 4.33. The van der Waals surface area contributed by atoms with Crippen LogP contribution < -0.4 is 10.8 Å². The normalized spacial score (nSPS) is 11.2. The molecule has 15 heavy (non-hydrogen) atoms. The number of carbonyl (C=O) groups is 1. The lowest BCUT2D eigenvalue weighted by atomic mass is 9.81. The summed E-state index contributed by atoms with van der Waals surface area (Å²) in [5.74, 6) is -0.437. The van der Waals surface area contributed by atoms with Crippen LogP contribution in [0, 0.1) is 0 Å². The average Bonchev–Trinajstić information content (AvgIpc) is 2.17. The van der Waals surface area contributed by atoms with Gasteiger partial charge in [0.1, 0.15) is 5.82 Å². The van der Waals surface area contributed by atoms with Crippen LogP contribution in [-0.2, 0) is 4.79 Å². The van der Waals surface area contributed by atoms with Gasteiger partial charge in [0, 0.05) is 12.6 Å². The molecule has 0 fully saturated rings. The molecule has 0 aromatic carbocycles. The molecule has 0 aliphatic carbocycles. The predicted molar refractivity (Wildman–Crippen MR) is 51.9 cm³/mol. The SMILES string of the molecule is CCC(=O)Nc1cc([B-](F)(F)F)ccn1. The Hall–Kier alpha value is -1.53. The van der Waals surface area contributed by atoms with Crippen molar-refractivity contribution in [2.24, 2.45) is 0 Å². The fourth-order valence-electron chi connectivity index (χ4n) is 0.950. The molecular formula is C8H9BF3N2O-. The number of halogens is 3. The molecule has 1 rings (SSSR count). The number of carbonyl (C=O) groups excluding carboxylic acids is 1. The van der Waals surface area contributed by atoms with E-state index in [-0.39, 0.29) is 18.1 Å². The van der Waals surface area contributed by atoms with Crippen LogP contribution in [0.1, 0.15) is 13.3 Å². The lowest BCUT2D eigenvalue weighted by Crippen LogP contribution is -2.34. The Morgan fingerprint density at radius 2 is 2.20 bits per heavy atom. The van der Waals surface area contributed by atoms with E-state index in [0.29, 0.717) is 0 Å². The van der Waals surface area contributed by atoms with Gasteiger partial charge in [-0.2, -0.15) is 0 Å². The number of nitrogens with one attached hydrogen (secondary N) is 1. The van der Waals surface area contributed by atoms with Crippen molar-refractivity contribution in [2.75, 3.05) is 5.32 Å². The molecule has 3 nitrogen and oxygen atoms in total. The predicted octanol–water partition coefficient (Wildman–Crippen LogP) is 1.48. The van der Waals surface area contributed by atoms with Gasteiger partial charge in [-0.15, -0.1) is 5.46 Å². The van der Waals surface area contributed by atoms with E-state index in [1.165, 1.54) is 0 Å². The summed E-state index contributed by atoms with van der Waals surface area (Å²) in [6.07, 6.45) is 1.22. The summed E-state index contributed by atoms with van der Waals surface area (Å²) in [4.78, 5) is 14.5. The number of pyridine rings is 1. The van der Waals surface area contributed by atoms with Crippen LogP contribution in [0.25, 0.3) is 0 Å². The van der Waals surface area contributed by atoms with Gasteiger partial charge in [-0.05, 0) is 6.07 Å². The van der Waals surface area contributed by atoms with Crippen molar-refractivity contribution in [3.63, 3.8) is 0 Å². The first-order valence-electron chi connectivity index (χ1n) is 4.39. The highest BCUT2D eigenvalue weighted by atomic mass is 19.4. The highest BCUT2D eigenvalue weighted by molar-refractivity contribution is 6.73. The molecule has 0 spiro atoms. The van der Waals surface area contributed by atoms with Gasteiger partial charge in [-0.1, -0.05) is 13.0 Å². The number of aromatic nitrogens is 1. The van der Waals surface area contributed by atoms with Crippen molar-refractivity contribution < 1.29 is 17.7 Å². The maximum absolute atomic E-state index is 12.3. The number of nitrogens with zero attached hydrogens (tertiary/aromatic N) is 1. The van der Waals surface area contributed by atoms with Crippen LogP contribution in [0.4, 0.5) is 18.8 Å². The van der Waals surface area contributed by atoms with Gasteiger partial charge in [0.05, 0.1) is 0 Å². The van der Waals surface area contributed by atoms with Crippen LogP contribution in [0.5, 0.6) is 0 Å². The van der Waals surface area contributed by atoms with Gasteiger partial charge in [0.2, 0.25) is 5.91 Å². The molecule has 7 heteroatoms. The Balaban J connectivity index is 2.88. The average molecular weight is 217 g/mol. The van der Waals surface area contributed by atoms with Crippen molar-refractivity contribution in [1.29, 1.82) is 0 Å². The Labute approximate surface area is 84.8 Å². The smallest absolute Gasteiger partial charge is 0.445 e. The third kappa shape index (κ3) is 3.27. The molecule has 1 amide bonds. The molecule has 0 atom stereocenters. The van der Waals surface area contributed by atoms with E-state index in [1.54, 1.807) is 6.92 Å². The largest absolute Gasteiger partial charge is 0.509 e. The van der Waals surface area contributed by atoms with Crippen LogP contribution in [-0.4, -0.2) is 17.9 Å². The first-order valence-corrected chi connectivity index (χ1v) is 4.39. The molecule has 1 heterocycles. The first-order chi connectivity index (χ1) is 6.93. The zero-order chi connectivity index (χ0) is 11.5. The van der Waals surface area contributed by atoms with E-state index >= 15 is 0 Å². The molecule has 1 aromatic heterocycles. The van der Waals surface area contributed by atoms with E-state index in [2.05, 4.69) is 10.3 Å². The molecule has 0 saturated carbocycles. The Morgan fingerprint density at radius 1 is 1.53 bits per heavy atom. The number of amides is 1. The molecular weight excluding hydrogens is 208 g/mol. The molecule has 0 aliphatic heterocycles. The van der Waals surface area contributed by atoms with Crippen LogP contribution in [0.15, 0.2) is 18.3 Å². The summed E-state index contributed by atoms with van der Waals surface area (Å²) in [7, 11) is 0. The fraction of sp³-hybridized carbons (Fsp3) is 0.250. The maximum atomic E-state index is 12.3. The summed E-state index contributed by atoms with van der Waals surface area (Å²) in [6.45, 7) is -3.45. The van der Waals surface area contributed by atoms with E-state index < -0.39 is 12.4 Å². The van der Waals surface area contributed by atoms with E-state index in [0.717, 1.165) is 18.3 Å². The van der Waals surface area contributed by atoms with E-state index in [9.17, 15) is 17.7 Å². The second-order valence-corrected chi connectivity index (χ2v) is 2.95. The third-order valence-corrected chi connectivity index (χ3v) is 1.75. The maximum Gasteiger partial charge on any atom is 0.509 e. The van der Waals surface area contributed by atoms with Crippen molar-refractivity contribution in [2.45, 2.75) is 13.3 Å². The minimum absolute atomic E-state index is 0.0708. The molecule has 82 valence electrons. The Kier molecular flexibility index (Phi) is 3.33. The summed E-state index contributed by atoms with van der Waals surface area (Å²) in [5.41, 5.74) is -0.767. The summed E-state index contributed by atoms with van der Waals surface area (Å²) in [5, 5.41) is 2.26. The van der Waals surface area contributed by atoms with Crippen LogP contribution in [0.2, 0.25) is 0 Å². The molecule has 0 saturated heterocycles. The lowest BCUT2D eigenvalue weighted by Gasteiger charge is -2.15. The van der Waals surface area contributed by atoms with E-state index in [1.807, 2.05) is 0 Å². The third-order valence-electron chi connectivity index (χ3n) is 1.75. The fourth-order valence-corrected chi connectivity index (χ4v) is 0.950. The molecule has 0 unspecified atom stereocenters. The lowest BCUT2D eigenvalue weighted by molar-refractivity contribution is -0.115. The van der Waals surface area contributed by atoms with E-state index in [4.69, 9.17) is 0 Å². The zero-order valence-electron chi connectivity index (χ0n) is 8.01. The molecule has 0 radical (unpaired) electrons. The quantitative estimate of drug-likeness (QED) is 0.779. The standard InChI is InChI=1S/C8H9BF3N2O/c1-2-8(15)14-7-5-6(3-4-13-7)9(10,11)12/h3-5H,2H2,1H3,(H,13,14,15)/q-1. The van der Waals surface area contributed by atoms with Gasteiger partial charge >= 0.3 is 6.98 Å². The second-order valence-electron chi connectivity index (χ2n) is 2.95. The van der Waals surface area contributed by atoms with Gasteiger partial charge in [-0.25, -0.2) is 4.98 Å². The van der Waals surface area contributed by atoms with Crippen molar-refractivity contribution in [1.82, 2.24) is 4.98 Å². The van der Waals surface area contributed by atoms with Crippen molar-refractivity contribution in [3.8, 4) is 0 Å². The summed E-state index contributed by atoms with van der Waals surface area (Å²) < 4.78 is 36.9. The van der Waals surface area contributed by atoms with Gasteiger partial charge in [0.15, 0.2) is 0 Å². The molecule has 1 aromatic rings. The number of hydrogen-bond acceptors (Lipinski definition) is 2. The van der Waals surface area contributed by atoms with Gasteiger partial charge in [-0.3, -0.25) is 4.79 Å². The molecule has 0 bridgehead atoms. The van der Waals surface area contributed by atoms with Gasteiger partial charge in [0.25, 0.3) is 0 Å². The van der Waals surface area contributed by atoms with Crippen LogP contribution in [0.3, 0.4) is 0 Å². The minimum atomic E-state index is -5.05. The zero-order valence-corrected chi connectivity index (χ0v) is 8.01. The highest BCUT2D eigenvalue weighted by Crippen LogP contribution is 2.10. The topological polar surface area (TPSA) is 42.0 Å². The highest BCUT2D eigenvalue weighted by Gasteiger charge is 2.25. The number of rotatable bonds is 3. The summed E-state index contributed by atoms with van der Waals surface area (Å²) >= 11 is 0.